The maximum atomic E-state index is 13.1. The van der Waals surface area contributed by atoms with E-state index in [9.17, 15) is 17.6 Å². The van der Waals surface area contributed by atoms with Crippen molar-refractivity contribution in [3.05, 3.63) is 30.1 Å². The van der Waals surface area contributed by atoms with E-state index in [1.165, 1.54) is 16.4 Å². The van der Waals surface area contributed by atoms with Gasteiger partial charge in [-0.15, -0.1) is 0 Å². The van der Waals surface area contributed by atoms with Crippen LogP contribution in [0.1, 0.15) is 19.8 Å². The van der Waals surface area contributed by atoms with Gasteiger partial charge in [0.25, 0.3) is 0 Å². The summed E-state index contributed by atoms with van der Waals surface area (Å²) in [4.78, 5) is 16.8. The molecule has 2 aliphatic rings. The van der Waals surface area contributed by atoms with E-state index in [0.29, 0.717) is 39.3 Å². The number of rotatable bonds is 4. The van der Waals surface area contributed by atoms with Crippen molar-refractivity contribution >= 4 is 21.6 Å². The van der Waals surface area contributed by atoms with Gasteiger partial charge in [0.1, 0.15) is 5.82 Å². The average Bonchev–Trinajstić information content (AvgIpc) is 2.68. The van der Waals surface area contributed by atoms with Gasteiger partial charge in [0.15, 0.2) is 0 Å². The molecule has 0 spiro atoms. The number of nitrogens with zero attached hydrogens (tertiary/aromatic N) is 3. The number of piperidine rings is 1. The van der Waals surface area contributed by atoms with Crippen molar-refractivity contribution in [1.29, 1.82) is 0 Å². The molecule has 0 aromatic heterocycles. The Morgan fingerprint density at radius 2 is 1.77 bits per heavy atom. The van der Waals surface area contributed by atoms with Crippen molar-refractivity contribution in [2.45, 2.75) is 19.8 Å². The minimum absolute atomic E-state index is 0.0553. The number of hydrogen-bond acceptors (Lipinski definition) is 4. The maximum Gasteiger partial charge on any atom is 0.227 e. The second-order valence-corrected chi connectivity index (χ2v) is 9.14. The van der Waals surface area contributed by atoms with Crippen molar-refractivity contribution in [3.8, 4) is 0 Å². The van der Waals surface area contributed by atoms with Crippen LogP contribution in [0.5, 0.6) is 0 Å². The molecule has 2 saturated heterocycles. The molecule has 8 heteroatoms. The monoisotopic (exact) mass is 383 g/mol. The van der Waals surface area contributed by atoms with E-state index in [4.69, 9.17) is 0 Å². The van der Waals surface area contributed by atoms with Crippen molar-refractivity contribution in [3.63, 3.8) is 0 Å². The van der Waals surface area contributed by atoms with Gasteiger partial charge in [-0.2, -0.15) is 0 Å². The van der Waals surface area contributed by atoms with E-state index in [1.54, 1.807) is 19.1 Å². The first-order valence-corrected chi connectivity index (χ1v) is 10.8. The van der Waals surface area contributed by atoms with Gasteiger partial charge in [-0.25, -0.2) is 17.1 Å². The zero-order chi connectivity index (χ0) is 18.7. The first-order valence-electron chi connectivity index (χ1n) is 9.18. The highest BCUT2D eigenvalue weighted by molar-refractivity contribution is 7.89. The molecule has 2 fully saturated rings. The predicted octanol–water partition coefficient (Wildman–Crippen LogP) is 1.54. The lowest BCUT2D eigenvalue weighted by Gasteiger charge is -2.39. The fourth-order valence-corrected chi connectivity index (χ4v) is 4.85. The van der Waals surface area contributed by atoms with E-state index in [1.807, 2.05) is 4.90 Å². The number of piperazine rings is 1. The molecule has 26 heavy (non-hydrogen) atoms. The van der Waals surface area contributed by atoms with Crippen LogP contribution in [-0.2, 0) is 14.8 Å². The van der Waals surface area contributed by atoms with Crippen LogP contribution in [0.15, 0.2) is 24.3 Å². The van der Waals surface area contributed by atoms with Gasteiger partial charge in [-0.1, -0.05) is 0 Å². The zero-order valence-electron chi connectivity index (χ0n) is 15.1. The fraction of sp³-hybridized carbons (Fsp3) is 0.611. The molecule has 1 aromatic carbocycles. The highest BCUT2D eigenvalue weighted by Gasteiger charge is 2.34. The first-order chi connectivity index (χ1) is 12.4. The van der Waals surface area contributed by atoms with E-state index in [0.717, 1.165) is 18.5 Å². The molecule has 1 amide bonds. The van der Waals surface area contributed by atoms with E-state index >= 15 is 0 Å². The SMILES string of the molecule is CCS(=O)(=O)N1CCC[C@H](C(=O)N2CCN(c3ccc(F)cc3)CC2)C1. The Labute approximate surface area is 154 Å². The highest BCUT2D eigenvalue weighted by atomic mass is 32.2. The van der Waals surface area contributed by atoms with Gasteiger partial charge in [-0.05, 0) is 44.0 Å². The molecule has 0 radical (unpaired) electrons. The van der Waals surface area contributed by atoms with Crippen LogP contribution in [0.4, 0.5) is 10.1 Å². The summed E-state index contributed by atoms with van der Waals surface area (Å²) < 4.78 is 38.7. The highest BCUT2D eigenvalue weighted by Crippen LogP contribution is 2.23. The molecule has 0 N–H and O–H groups in total. The number of carbonyl (C=O) groups excluding carboxylic acids is 1. The quantitative estimate of drug-likeness (QED) is 0.791. The lowest BCUT2D eigenvalue weighted by molar-refractivity contribution is -0.137. The summed E-state index contributed by atoms with van der Waals surface area (Å²) in [6, 6.07) is 6.39. The predicted molar refractivity (Wildman–Crippen MR) is 99.0 cm³/mol. The number of anilines is 1. The Bertz CT molecular complexity index is 731. The summed E-state index contributed by atoms with van der Waals surface area (Å²) in [5.74, 6) is -0.377. The van der Waals surface area contributed by atoms with Gasteiger partial charge in [0.2, 0.25) is 15.9 Å². The Hall–Kier alpha value is -1.67. The van der Waals surface area contributed by atoms with E-state index < -0.39 is 10.0 Å². The van der Waals surface area contributed by atoms with Crippen molar-refractivity contribution < 1.29 is 17.6 Å². The number of amides is 1. The summed E-state index contributed by atoms with van der Waals surface area (Å²) in [5, 5.41) is 0. The summed E-state index contributed by atoms with van der Waals surface area (Å²) in [7, 11) is -3.24. The van der Waals surface area contributed by atoms with Crippen LogP contribution in [0.25, 0.3) is 0 Å². The number of hydrogen-bond donors (Lipinski definition) is 0. The molecular weight excluding hydrogens is 357 g/mol. The van der Waals surface area contributed by atoms with Crippen molar-refractivity contribution in [1.82, 2.24) is 9.21 Å². The average molecular weight is 383 g/mol. The number of sulfonamides is 1. The summed E-state index contributed by atoms with van der Waals surface area (Å²) >= 11 is 0. The molecule has 144 valence electrons. The molecule has 2 heterocycles. The molecule has 0 bridgehead atoms. The number of carbonyl (C=O) groups is 1. The van der Waals surface area contributed by atoms with Gasteiger partial charge >= 0.3 is 0 Å². The maximum absolute atomic E-state index is 13.1. The topological polar surface area (TPSA) is 60.9 Å². The normalized spacial score (nSPS) is 22.5. The van der Waals surface area contributed by atoms with Gasteiger partial charge in [-0.3, -0.25) is 4.79 Å². The molecule has 0 unspecified atom stereocenters. The Morgan fingerprint density at radius 1 is 1.12 bits per heavy atom. The molecule has 1 aromatic rings. The van der Waals surface area contributed by atoms with Crippen molar-refractivity contribution in [2.75, 3.05) is 49.9 Å². The van der Waals surface area contributed by atoms with Gasteiger partial charge in [0.05, 0.1) is 11.7 Å². The van der Waals surface area contributed by atoms with Crippen molar-refractivity contribution in [2.24, 2.45) is 5.92 Å². The number of benzene rings is 1. The van der Waals surface area contributed by atoms with Gasteiger partial charge < -0.3 is 9.80 Å². The second kappa shape index (κ2) is 7.92. The molecule has 2 aliphatic heterocycles. The lowest BCUT2D eigenvalue weighted by Crippen LogP contribution is -2.53. The molecule has 0 aliphatic carbocycles. The first kappa shape index (κ1) is 19.1. The zero-order valence-corrected chi connectivity index (χ0v) is 15.9. The third-order valence-electron chi connectivity index (χ3n) is 5.27. The Balaban J connectivity index is 1.57. The Morgan fingerprint density at radius 3 is 2.38 bits per heavy atom. The van der Waals surface area contributed by atoms with Gasteiger partial charge in [0, 0.05) is 45.0 Å². The molecular formula is C18H26FN3O3S. The van der Waals surface area contributed by atoms with Crippen LogP contribution in [-0.4, -0.2) is 68.6 Å². The minimum Gasteiger partial charge on any atom is -0.368 e. The largest absolute Gasteiger partial charge is 0.368 e. The molecule has 3 rings (SSSR count). The smallest absolute Gasteiger partial charge is 0.227 e. The number of halogens is 1. The van der Waals surface area contributed by atoms with Crippen LogP contribution >= 0.6 is 0 Å². The van der Waals surface area contributed by atoms with E-state index in [2.05, 4.69) is 4.90 Å². The minimum atomic E-state index is -3.24. The fourth-order valence-electron chi connectivity index (χ4n) is 3.67. The summed E-state index contributed by atoms with van der Waals surface area (Å²) in [6.07, 6.45) is 1.47. The van der Waals surface area contributed by atoms with Crippen LogP contribution < -0.4 is 4.90 Å². The molecule has 1 atom stereocenters. The summed E-state index contributed by atoms with van der Waals surface area (Å²) in [5.41, 5.74) is 0.955. The standard InChI is InChI=1S/C18H26FN3O3S/c1-2-26(24,25)22-9-3-4-15(14-22)18(23)21-12-10-20(11-13-21)17-7-5-16(19)6-8-17/h5-8,15H,2-4,9-14H2,1H3/t15-/m0/s1. The summed E-state index contributed by atoms with van der Waals surface area (Å²) in [6.45, 7) is 5.05. The molecule has 0 saturated carbocycles. The van der Waals surface area contributed by atoms with E-state index in [-0.39, 0.29) is 23.4 Å². The Kier molecular flexibility index (Phi) is 5.82. The van der Waals surface area contributed by atoms with Crippen LogP contribution in [0.2, 0.25) is 0 Å². The van der Waals surface area contributed by atoms with Crippen LogP contribution in [0.3, 0.4) is 0 Å². The lowest BCUT2D eigenvalue weighted by atomic mass is 9.97. The third kappa shape index (κ3) is 4.17. The van der Waals surface area contributed by atoms with Crippen LogP contribution in [0, 0.1) is 11.7 Å². The second-order valence-electron chi connectivity index (χ2n) is 6.89. The third-order valence-corrected chi connectivity index (χ3v) is 7.12. The molecule has 6 nitrogen and oxygen atoms in total.